The molecule has 134 valence electrons. The highest BCUT2D eigenvalue weighted by Gasteiger charge is 2.38. The van der Waals surface area contributed by atoms with Crippen LogP contribution in [0.15, 0.2) is 42.7 Å². The van der Waals surface area contributed by atoms with E-state index in [1.165, 1.54) is 12.1 Å². The van der Waals surface area contributed by atoms with Crippen LogP contribution in [-0.2, 0) is 4.74 Å². The molecule has 4 rings (SSSR count). The van der Waals surface area contributed by atoms with Crippen LogP contribution in [0.5, 0.6) is 0 Å². The van der Waals surface area contributed by atoms with Gasteiger partial charge in [0.05, 0.1) is 29.7 Å². The maximum absolute atomic E-state index is 11.0. The number of aliphatic hydroxyl groups excluding tert-OH is 1. The monoisotopic (exact) mass is 353 g/mol. The Balaban J connectivity index is 1.57. The van der Waals surface area contributed by atoms with Crippen LogP contribution in [0.25, 0.3) is 16.7 Å². The number of aromatic carboxylic acids is 1. The summed E-state index contributed by atoms with van der Waals surface area (Å²) in [4.78, 5) is 15.4. The van der Waals surface area contributed by atoms with Gasteiger partial charge in [-0.1, -0.05) is 0 Å². The van der Waals surface area contributed by atoms with E-state index in [2.05, 4.69) is 10.1 Å². The molecule has 1 fully saturated rings. The van der Waals surface area contributed by atoms with E-state index >= 15 is 0 Å². The predicted octanol–water partition coefficient (Wildman–Crippen LogP) is 2.72. The van der Waals surface area contributed by atoms with E-state index in [4.69, 9.17) is 9.84 Å². The Labute approximate surface area is 149 Å². The van der Waals surface area contributed by atoms with Crippen molar-refractivity contribution in [3.63, 3.8) is 0 Å². The molecule has 1 saturated carbocycles. The SMILES string of the molecule is CC1(OC[C@H](O)c2cnc3c(cnn3-c3ccc(C(=O)O)cc3)c2)CC1. The maximum Gasteiger partial charge on any atom is 0.335 e. The molecule has 0 amide bonds. The lowest BCUT2D eigenvalue weighted by Crippen LogP contribution is -2.15. The largest absolute Gasteiger partial charge is 0.478 e. The molecule has 2 N–H and O–H groups in total. The van der Waals surface area contributed by atoms with Crippen LogP contribution < -0.4 is 0 Å². The number of hydrogen-bond acceptors (Lipinski definition) is 5. The molecule has 0 saturated heterocycles. The standard InChI is InChI=1S/C19H19N3O4/c1-19(6-7-19)26-11-16(23)13-8-14-10-21-22(17(14)20-9-13)15-4-2-12(3-5-15)18(24)25/h2-5,8-10,16,23H,6-7,11H2,1H3,(H,24,25)/t16-/m0/s1. The van der Waals surface area contributed by atoms with Crippen molar-refractivity contribution in [3.05, 3.63) is 53.9 Å². The normalized spacial score (nSPS) is 16.5. The lowest BCUT2D eigenvalue weighted by molar-refractivity contribution is -0.0160. The smallest absolute Gasteiger partial charge is 0.335 e. The minimum absolute atomic E-state index is 0.0779. The molecule has 0 radical (unpaired) electrons. The molecule has 7 heteroatoms. The number of fused-ring (bicyclic) bond motifs is 1. The number of hydrogen-bond donors (Lipinski definition) is 2. The number of carboxylic acids is 1. The number of carbonyl (C=O) groups is 1. The molecule has 0 bridgehead atoms. The van der Waals surface area contributed by atoms with E-state index in [0.29, 0.717) is 11.2 Å². The van der Waals surface area contributed by atoms with Gasteiger partial charge in [0.15, 0.2) is 5.65 Å². The summed E-state index contributed by atoms with van der Waals surface area (Å²) in [6, 6.07) is 8.27. The third kappa shape index (κ3) is 3.18. The van der Waals surface area contributed by atoms with E-state index in [0.717, 1.165) is 23.9 Å². The number of ether oxygens (including phenoxy) is 1. The third-order valence-corrected chi connectivity index (χ3v) is 4.72. The van der Waals surface area contributed by atoms with Crippen molar-refractivity contribution in [2.75, 3.05) is 6.61 Å². The molecule has 1 atom stereocenters. The molecular formula is C19H19N3O4. The molecule has 3 aromatic rings. The summed E-state index contributed by atoms with van der Waals surface area (Å²) in [6.45, 7) is 2.29. The van der Waals surface area contributed by atoms with Crippen LogP contribution >= 0.6 is 0 Å². The maximum atomic E-state index is 11.0. The predicted molar refractivity (Wildman–Crippen MR) is 94.4 cm³/mol. The van der Waals surface area contributed by atoms with Gasteiger partial charge < -0.3 is 14.9 Å². The van der Waals surface area contributed by atoms with Crippen molar-refractivity contribution in [2.45, 2.75) is 31.5 Å². The van der Waals surface area contributed by atoms with Gasteiger partial charge in [0.1, 0.15) is 6.10 Å². The highest BCUT2D eigenvalue weighted by molar-refractivity contribution is 5.87. The van der Waals surface area contributed by atoms with E-state index in [9.17, 15) is 9.90 Å². The zero-order chi connectivity index (χ0) is 18.3. The Bertz CT molecular complexity index is 961. The van der Waals surface area contributed by atoms with E-state index in [1.807, 2.05) is 13.0 Å². The number of nitrogens with zero attached hydrogens (tertiary/aromatic N) is 3. The first kappa shape index (κ1) is 16.7. The van der Waals surface area contributed by atoms with Crippen molar-refractivity contribution < 1.29 is 19.7 Å². The van der Waals surface area contributed by atoms with Gasteiger partial charge in [-0.25, -0.2) is 14.5 Å². The van der Waals surface area contributed by atoms with Crippen LogP contribution in [0.3, 0.4) is 0 Å². The van der Waals surface area contributed by atoms with Crippen LogP contribution in [0.1, 0.15) is 41.8 Å². The molecule has 2 aromatic heterocycles. The summed E-state index contributed by atoms with van der Waals surface area (Å²) in [7, 11) is 0. The fourth-order valence-electron chi connectivity index (χ4n) is 2.75. The highest BCUT2D eigenvalue weighted by atomic mass is 16.5. The first-order chi connectivity index (χ1) is 12.5. The summed E-state index contributed by atoms with van der Waals surface area (Å²) < 4.78 is 7.36. The summed E-state index contributed by atoms with van der Waals surface area (Å²) >= 11 is 0. The van der Waals surface area contributed by atoms with Crippen LogP contribution in [0.4, 0.5) is 0 Å². The Morgan fingerprint density at radius 2 is 2.04 bits per heavy atom. The number of benzene rings is 1. The van der Waals surface area contributed by atoms with E-state index in [-0.39, 0.29) is 17.8 Å². The number of rotatable bonds is 6. The Hall–Kier alpha value is -2.77. The van der Waals surface area contributed by atoms with Crippen LogP contribution in [0.2, 0.25) is 0 Å². The van der Waals surface area contributed by atoms with E-state index in [1.54, 1.807) is 29.2 Å². The number of aromatic nitrogens is 3. The minimum atomic E-state index is -0.971. The number of carboxylic acid groups (broad SMARTS) is 1. The lowest BCUT2D eigenvalue weighted by Gasteiger charge is -2.15. The topological polar surface area (TPSA) is 97.5 Å². The molecule has 1 aliphatic carbocycles. The third-order valence-electron chi connectivity index (χ3n) is 4.72. The van der Waals surface area contributed by atoms with Gasteiger partial charge in [0.2, 0.25) is 0 Å². The average molecular weight is 353 g/mol. The molecular weight excluding hydrogens is 334 g/mol. The molecule has 1 aliphatic rings. The van der Waals surface area contributed by atoms with Gasteiger partial charge in [0, 0.05) is 17.1 Å². The second kappa shape index (κ2) is 6.19. The number of aliphatic hydroxyl groups is 1. The summed E-state index contributed by atoms with van der Waals surface area (Å²) in [5.41, 5.74) is 2.18. The second-order valence-corrected chi connectivity index (χ2v) is 6.87. The van der Waals surface area contributed by atoms with Crippen LogP contribution in [-0.4, -0.2) is 43.2 Å². The fourth-order valence-corrected chi connectivity index (χ4v) is 2.75. The Morgan fingerprint density at radius 1 is 1.31 bits per heavy atom. The Kier molecular flexibility index (Phi) is 3.97. The van der Waals surface area contributed by atoms with Gasteiger partial charge in [-0.3, -0.25) is 0 Å². The van der Waals surface area contributed by atoms with E-state index < -0.39 is 12.1 Å². The molecule has 1 aromatic carbocycles. The zero-order valence-corrected chi connectivity index (χ0v) is 14.3. The van der Waals surface area contributed by atoms with Crippen molar-refractivity contribution in [1.29, 1.82) is 0 Å². The summed E-state index contributed by atoms with van der Waals surface area (Å²) in [5.74, 6) is -0.971. The first-order valence-electron chi connectivity index (χ1n) is 8.45. The highest BCUT2D eigenvalue weighted by Crippen LogP contribution is 2.39. The first-order valence-corrected chi connectivity index (χ1v) is 8.45. The quantitative estimate of drug-likeness (QED) is 0.707. The zero-order valence-electron chi connectivity index (χ0n) is 14.3. The second-order valence-electron chi connectivity index (χ2n) is 6.87. The van der Waals surface area contributed by atoms with Gasteiger partial charge in [-0.2, -0.15) is 5.10 Å². The molecule has 26 heavy (non-hydrogen) atoms. The van der Waals surface area contributed by atoms with Gasteiger partial charge >= 0.3 is 5.97 Å². The molecule has 0 unspecified atom stereocenters. The fraction of sp³-hybridized carbons (Fsp3) is 0.316. The van der Waals surface area contributed by atoms with Crippen molar-refractivity contribution in [3.8, 4) is 5.69 Å². The van der Waals surface area contributed by atoms with Crippen LogP contribution in [0, 0.1) is 0 Å². The molecule has 0 spiro atoms. The van der Waals surface area contributed by atoms with Crippen molar-refractivity contribution in [2.24, 2.45) is 0 Å². The van der Waals surface area contributed by atoms with Gasteiger partial charge in [-0.15, -0.1) is 0 Å². The average Bonchev–Trinajstić information content (AvgIpc) is 3.23. The van der Waals surface area contributed by atoms with Gasteiger partial charge in [-0.05, 0) is 50.1 Å². The van der Waals surface area contributed by atoms with Gasteiger partial charge in [0.25, 0.3) is 0 Å². The lowest BCUT2D eigenvalue weighted by atomic mass is 10.1. The number of pyridine rings is 1. The van der Waals surface area contributed by atoms with Crippen molar-refractivity contribution >= 4 is 17.0 Å². The minimum Gasteiger partial charge on any atom is -0.478 e. The summed E-state index contributed by atoms with van der Waals surface area (Å²) in [5, 5.41) is 24.4. The summed E-state index contributed by atoms with van der Waals surface area (Å²) in [6.07, 6.45) is 4.62. The Morgan fingerprint density at radius 3 is 2.69 bits per heavy atom. The molecule has 2 heterocycles. The molecule has 7 nitrogen and oxygen atoms in total. The molecule has 0 aliphatic heterocycles. The van der Waals surface area contributed by atoms with Crippen molar-refractivity contribution in [1.82, 2.24) is 14.8 Å².